The number of nitrogens with zero attached hydrogens (tertiary/aromatic N) is 1. The molecule has 156 valence electrons. The van der Waals surface area contributed by atoms with E-state index in [-0.39, 0.29) is 5.78 Å². The van der Waals surface area contributed by atoms with E-state index in [1.807, 2.05) is 30.3 Å². The topological polar surface area (TPSA) is 38.7 Å². The second-order valence-electron chi connectivity index (χ2n) is 7.80. The number of hydrogen-bond donors (Lipinski definition) is 0. The van der Waals surface area contributed by atoms with E-state index < -0.39 is 0 Å². The highest BCUT2D eigenvalue weighted by atomic mass is 35.5. The minimum Gasteiger partial charge on any atom is -0.497 e. The molecule has 0 atom stereocenters. The van der Waals surface area contributed by atoms with Gasteiger partial charge in [0.1, 0.15) is 5.75 Å². The van der Waals surface area contributed by atoms with Crippen molar-refractivity contribution in [1.82, 2.24) is 0 Å². The summed E-state index contributed by atoms with van der Waals surface area (Å²) >= 11 is 6.06. The zero-order valence-electron chi connectivity index (χ0n) is 17.7. The van der Waals surface area contributed by atoms with E-state index in [0.717, 1.165) is 28.3 Å². The smallest absolute Gasteiger partial charge is 0.167 e. The molecule has 0 bridgehead atoms. The monoisotopic (exact) mass is 429 g/mol. The molecule has 0 spiro atoms. The SMILES string of the molecule is COc1cccc(C(=O)Cc2cccc(Cc3ccc(C4=NC=C(Cl)C4)cc3C)c2)c1. The zero-order valence-corrected chi connectivity index (χ0v) is 18.4. The Bertz CT molecular complexity index is 1190. The van der Waals surface area contributed by atoms with E-state index in [2.05, 4.69) is 42.2 Å². The van der Waals surface area contributed by atoms with Gasteiger partial charge in [-0.15, -0.1) is 0 Å². The van der Waals surface area contributed by atoms with Crippen LogP contribution in [-0.4, -0.2) is 18.6 Å². The number of Topliss-reactive ketones (excluding diaryl/α,β-unsaturated/α-hetero) is 1. The summed E-state index contributed by atoms with van der Waals surface area (Å²) in [7, 11) is 1.61. The third kappa shape index (κ3) is 5.12. The van der Waals surface area contributed by atoms with Crippen LogP contribution < -0.4 is 4.74 Å². The number of methoxy groups -OCH3 is 1. The van der Waals surface area contributed by atoms with Gasteiger partial charge in [-0.3, -0.25) is 9.79 Å². The second-order valence-corrected chi connectivity index (χ2v) is 8.28. The first-order chi connectivity index (χ1) is 15.0. The predicted molar refractivity (Wildman–Crippen MR) is 127 cm³/mol. The lowest BCUT2D eigenvalue weighted by Crippen LogP contribution is -2.04. The van der Waals surface area contributed by atoms with Gasteiger partial charge in [0.2, 0.25) is 0 Å². The molecule has 0 amide bonds. The van der Waals surface area contributed by atoms with Crippen molar-refractivity contribution in [1.29, 1.82) is 0 Å². The maximum atomic E-state index is 12.7. The first-order valence-corrected chi connectivity index (χ1v) is 10.7. The fraction of sp³-hybridized carbons (Fsp3) is 0.185. The molecule has 31 heavy (non-hydrogen) atoms. The molecule has 4 rings (SSSR count). The highest BCUT2D eigenvalue weighted by Crippen LogP contribution is 2.23. The first kappa shape index (κ1) is 21.1. The van der Waals surface area contributed by atoms with Crippen LogP contribution in [0.25, 0.3) is 0 Å². The van der Waals surface area contributed by atoms with Gasteiger partial charge in [-0.1, -0.05) is 60.1 Å². The van der Waals surface area contributed by atoms with Gasteiger partial charge in [-0.05, 0) is 59.4 Å². The lowest BCUT2D eigenvalue weighted by Gasteiger charge is -2.10. The number of hydrogen-bond acceptors (Lipinski definition) is 3. The number of ketones is 1. The Hall–Kier alpha value is -3.17. The number of carbonyl (C=O) groups excluding carboxylic acids is 1. The van der Waals surface area contributed by atoms with Crippen molar-refractivity contribution in [2.24, 2.45) is 4.99 Å². The van der Waals surface area contributed by atoms with Crippen LogP contribution in [-0.2, 0) is 12.8 Å². The minimum atomic E-state index is 0.0844. The average molecular weight is 430 g/mol. The molecule has 0 unspecified atom stereocenters. The lowest BCUT2D eigenvalue weighted by atomic mass is 9.95. The number of ether oxygens (including phenoxy) is 1. The quantitative estimate of drug-likeness (QED) is 0.414. The largest absolute Gasteiger partial charge is 0.497 e. The Balaban J connectivity index is 1.47. The number of aliphatic imine (C=N–C) groups is 1. The summed E-state index contributed by atoms with van der Waals surface area (Å²) in [5.41, 5.74) is 7.48. The molecule has 1 aliphatic rings. The van der Waals surface area contributed by atoms with Gasteiger partial charge < -0.3 is 4.74 Å². The summed E-state index contributed by atoms with van der Waals surface area (Å²) in [5.74, 6) is 0.779. The Kier molecular flexibility index (Phi) is 6.34. The number of halogens is 1. The molecule has 3 aromatic carbocycles. The van der Waals surface area contributed by atoms with Crippen LogP contribution in [0.3, 0.4) is 0 Å². The maximum absolute atomic E-state index is 12.7. The average Bonchev–Trinajstić information content (AvgIpc) is 3.22. The van der Waals surface area contributed by atoms with E-state index in [9.17, 15) is 4.79 Å². The lowest BCUT2D eigenvalue weighted by molar-refractivity contribution is 0.0992. The normalized spacial score (nSPS) is 13.0. The van der Waals surface area contributed by atoms with E-state index in [0.29, 0.717) is 24.2 Å². The molecule has 3 aromatic rings. The number of aryl methyl sites for hydroxylation is 1. The number of benzene rings is 3. The molecule has 3 nitrogen and oxygen atoms in total. The van der Waals surface area contributed by atoms with Crippen molar-refractivity contribution >= 4 is 23.1 Å². The third-order valence-electron chi connectivity index (χ3n) is 5.51. The van der Waals surface area contributed by atoms with Crippen molar-refractivity contribution in [3.8, 4) is 5.75 Å². The highest BCUT2D eigenvalue weighted by molar-refractivity contribution is 6.32. The van der Waals surface area contributed by atoms with Crippen LogP contribution in [0.2, 0.25) is 0 Å². The Morgan fingerprint density at radius 1 is 1.03 bits per heavy atom. The first-order valence-electron chi connectivity index (χ1n) is 10.3. The van der Waals surface area contributed by atoms with Crippen molar-refractivity contribution < 1.29 is 9.53 Å². The summed E-state index contributed by atoms with van der Waals surface area (Å²) in [6, 6.07) is 22.0. The number of rotatable bonds is 7. The van der Waals surface area contributed by atoms with E-state index >= 15 is 0 Å². The van der Waals surface area contributed by atoms with Gasteiger partial charge in [0.25, 0.3) is 0 Å². The van der Waals surface area contributed by atoms with Crippen LogP contribution >= 0.6 is 11.6 Å². The van der Waals surface area contributed by atoms with Crippen LogP contribution in [0.5, 0.6) is 5.75 Å². The molecule has 0 saturated carbocycles. The summed E-state index contributed by atoms with van der Waals surface area (Å²) in [4.78, 5) is 17.1. The Morgan fingerprint density at radius 2 is 1.84 bits per heavy atom. The van der Waals surface area contributed by atoms with Crippen LogP contribution in [0.1, 0.15) is 44.6 Å². The van der Waals surface area contributed by atoms with Crippen LogP contribution in [0, 0.1) is 6.92 Å². The second kappa shape index (κ2) is 9.32. The number of allylic oxidation sites excluding steroid dienone is 1. The molecular formula is C27H24ClNO2. The van der Waals surface area contributed by atoms with E-state index in [1.54, 1.807) is 19.4 Å². The van der Waals surface area contributed by atoms with Crippen molar-refractivity contribution in [2.75, 3.05) is 7.11 Å². The predicted octanol–water partition coefficient (Wildman–Crippen LogP) is 6.29. The van der Waals surface area contributed by atoms with Gasteiger partial charge in [0.15, 0.2) is 5.78 Å². The van der Waals surface area contributed by atoms with Crippen LogP contribution in [0.4, 0.5) is 0 Å². The van der Waals surface area contributed by atoms with E-state index in [1.165, 1.54) is 16.7 Å². The Morgan fingerprint density at radius 3 is 2.58 bits per heavy atom. The zero-order chi connectivity index (χ0) is 21.8. The fourth-order valence-corrected chi connectivity index (χ4v) is 3.98. The third-order valence-corrected chi connectivity index (χ3v) is 5.75. The molecule has 1 heterocycles. The summed E-state index contributed by atoms with van der Waals surface area (Å²) in [5, 5.41) is 0.775. The standard InChI is InChI=1S/C27H24ClNO2/c1-18-11-22(26-16-24(28)17-29-26)10-9-21(18)13-19-5-3-6-20(12-19)14-27(30)23-7-4-8-25(15-23)31-2/h3-12,15,17H,13-14,16H2,1-2H3. The van der Waals surface area contributed by atoms with Crippen LogP contribution in [0.15, 0.2) is 83.0 Å². The fourth-order valence-electron chi connectivity index (χ4n) is 3.80. The highest BCUT2D eigenvalue weighted by Gasteiger charge is 2.13. The molecular weight excluding hydrogens is 406 g/mol. The molecule has 0 aromatic heterocycles. The van der Waals surface area contributed by atoms with Crippen molar-refractivity contribution in [3.05, 3.63) is 111 Å². The molecule has 0 radical (unpaired) electrons. The molecule has 0 aliphatic carbocycles. The molecule has 1 aliphatic heterocycles. The maximum Gasteiger partial charge on any atom is 0.167 e. The summed E-state index contributed by atoms with van der Waals surface area (Å²) < 4.78 is 5.23. The summed E-state index contributed by atoms with van der Waals surface area (Å²) in [6.07, 6.45) is 3.60. The van der Waals surface area contributed by atoms with Crippen molar-refractivity contribution in [3.63, 3.8) is 0 Å². The van der Waals surface area contributed by atoms with E-state index in [4.69, 9.17) is 16.3 Å². The molecule has 4 heteroatoms. The van der Waals surface area contributed by atoms with Gasteiger partial charge in [0, 0.05) is 29.6 Å². The summed E-state index contributed by atoms with van der Waals surface area (Å²) in [6.45, 7) is 2.12. The molecule has 0 saturated heterocycles. The van der Waals surface area contributed by atoms with Gasteiger partial charge in [0.05, 0.1) is 12.8 Å². The molecule has 0 fully saturated rings. The number of carbonyl (C=O) groups is 1. The molecule has 0 N–H and O–H groups in total. The Labute approximate surface area is 188 Å². The van der Waals surface area contributed by atoms with Crippen molar-refractivity contribution in [2.45, 2.75) is 26.2 Å². The van der Waals surface area contributed by atoms with Gasteiger partial charge in [-0.25, -0.2) is 0 Å². The minimum absolute atomic E-state index is 0.0844. The van der Waals surface area contributed by atoms with Gasteiger partial charge in [-0.2, -0.15) is 0 Å². The van der Waals surface area contributed by atoms with Gasteiger partial charge >= 0.3 is 0 Å².